The third-order valence-electron chi connectivity index (χ3n) is 2.11. The third kappa shape index (κ3) is 6.58. The number of anilines is 1. The van der Waals surface area contributed by atoms with Crippen LogP contribution in [0.1, 0.15) is 20.3 Å². The first-order valence-corrected chi connectivity index (χ1v) is 9.01. The molecule has 1 aromatic heterocycles. The van der Waals surface area contributed by atoms with Gasteiger partial charge < -0.3 is 5.11 Å². The number of carboxylic acid groups (broad SMARTS) is 1. The predicted octanol–water partition coefficient (Wildman–Crippen LogP) is 2.43. The third-order valence-corrected chi connectivity index (χ3v) is 5.11. The first-order chi connectivity index (χ1) is 9.52. The number of rotatable bonds is 9. The molecular formula is C11H17N3O3S3. The summed E-state index contributed by atoms with van der Waals surface area (Å²) in [5.74, 6) is 0.0970. The molecule has 0 aliphatic heterocycles. The van der Waals surface area contributed by atoms with E-state index in [1.807, 2.05) is 0 Å². The fourth-order valence-electron chi connectivity index (χ4n) is 1.07. The van der Waals surface area contributed by atoms with E-state index in [2.05, 4.69) is 21.6 Å². The molecule has 0 saturated carbocycles. The maximum atomic E-state index is 11.6. The lowest BCUT2D eigenvalue weighted by atomic mass is 10.2. The van der Waals surface area contributed by atoms with Crippen molar-refractivity contribution in [3.05, 3.63) is 0 Å². The summed E-state index contributed by atoms with van der Waals surface area (Å²) < 4.78 is 4.13. The fraction of sp³-hybridized carbons (Fsp3) is 0.636. The number of carboxylic acids is 1. The number of thioether (sulfide) groups is 2. The molecule has 2 N–H and O–H groups in total. The van der Waals surface area contributed by atoms with Gasteiger partial charge in [0.1, 0.15) is 0 Å². The second kappa shape index (κ2) is 9.19. The summed E-state index contributed by atoms with van der Waals surface area (Å²) in [4.78, 5) is 26.5. The molecule has 9 heteroatoms. The molecule has 0 radical (unpaired) electrons. The van der Waals surface area contributed by atoms with Crippen molar-refractivity contribution in [3.63, 3.8) is 0 Å². The fourth-order valence-corrected chi connectivity index (χ4v) is 3.35. The van der Waals surface area contributed by atoms with Crippen LogP contribution in [0.2, 0.25) is 0 Å². The van der Waals surface area contributed by atoms with E-state index in [1.54, 1.807) is 18.7 Å². The molecule has 1 rings (SSSR count). The van der Waals surface area contributed by atoms with Gasteiger partial charge in [-0.2, -0.15) is 21.1 Å². The van der Waals surface area contributed by atoms with Crippen LogP contribution < -0.4 is 5.32 Å². The zero-order chi connectivity index (χ0) is 15.0. The minimum atomic E-state index is -0.848. The van der Waals surface area contributed by atoms with Crippen molar-refractivity contribution in [1.29, 1.82) is 0 Å². The highest BCUT2D eigenvalue weighted by molar-refractivity contribution is 8.00. The van der Waals surface area contributed by atoms with Crippen LogP contribution in [-0.2, 0) is 9.59 Å². The molecule has 0 bridgehead atoms. The molecule has 1 heterocycles. The molecule has 0 fully saturated rings. The summed E-state index contributed by atoms with van der Waals surface area (Å²) in [6, 6.07) is 0. The van der Waals surface area contributed by atoms with Crippen molar-refractivity contribution in [3.8, 4) is 0 Å². The van der Waals surface area contributed by atoms with Gasteiger partial charge in [-0.05, 0) is 6.42 Å². The van der Waals surface area contributed by atoms with Crippen LogP contribution >= 0.6 is 35.1 Å². The van der Waals surface area contributed by atoms with E-state index in [9.17, 15) is 9.59 Å². The Bertz CT molecular complexity index is 453. The van der Waals surface area contributed by atoms with Gasteiger partial charge in [0.2, 0.25) is 16.2 Å². The molecule has 1 aromatic rings. The molecule has 20 heavy (non-hydrogen) atoms. The van der Waals surface area contributed by atoms with Gasteiger partial charge in [0, 0.05) is 23.0 Å². The number of carbonyl (C=O) groups excluding carboxylic acids is 1. The maximum Gasteiger partial charge on any atom is 0.307 e. The molecule has 0 spiro atoms. The maximum absolute atomic E-state index is 11.6. The number of nitrogens with one attached hydrogen (secondary N) is 1. The highest BCUT2D eigenvalue weighted by Crippen LogP contribution is 2.20. The minimum Gasteiger partial charge on any atom is -0.481 e. The highest BCUT2D eigenvalue weighted by Gasteiger charge is 2.13. The van der Waals surface area contributed by atoms with Gasteiger partial charge in [0.15, 0.2) is 0 Å². The van der Waals surface area contributed by atoms with E-state index in [0.717, 1.165) is 23.7 Å². The molecule has 1 unspecified atom stereocenters. The molecule has 112 valence electrons. The first kappa shape index (κ1) is 17.3. The van der Waals surface area contributed by atoms with Crippen LogP contribution in [0.5, 0.6) is 0 Å². The van der Waals surface area contributed by atoms with Crippen LogP contribution in [0.25, 0.3) is 0 Å². The van der Waals surface area contributed by atoms with Crippen LogP contribution in [0.4, 0.5) is 5.13 Å². The molecule has 6 nitrogen and oxygen atoms in total. The Morgan fingerprint density at radius 2 is 2.25 bits per heavy atom. The van der Waals surface area contributed by atoms with Gasteiger partial charge in [-0.3, -0.25) is 14.9 Å². The van der Waals surface area contributed by atoms with Gasteiger partial charge in [-0.1, -0.05) is 25.6 Å². The normalized spacial score (nSPS) is 12.1. The number of aliphatic carboxylic acids is 1. The van der Waals surface area contributed by atoms with E-state index in [4.69, 9.17) is 5.11 Å². The van der Waals surface area contributed by atoms with E-state index >= 15 is 0 Å². The molecule has 0 saturated heterocycles. The lowest BCUT2D eigenvalue weighted by Crippen LogP contribution is -2.17. The number of nitrogens with zero attached hydrogens (tertiary/aromatic N) is 2. The SMILES string of the molecule is CCCSc1nsc(NC(=O)CSCC(C)C(=O)O)n1. The van der Waals surface area contributed by atoms with Gasteiger partial charge in [-0.15, -0.1) is 0 Å². The number of amides is 1. The largest absolute Gasteiger partial charge is 0.481 e. The van der Waals surface area contributed by atoms with Crippen molar-refractivity contribution < 1.29 is 14.7 Å². The summed E-state index contributed by atoms with van der Waals surface area (Å²) in [5.41, 5.74) is 0. The minimum absolute atomic E-state index is 0.184. The number of aromatic nitrogens is 2. The van der Waals surface area contributed by atoms with E-state index in [1.165, 1.54) is 11.8 Å². The number of hydrogen-bond acceptors (Lipinski definition) is 7. The smallest absolute Gasteiger partial charge is 0.307 e. The molecular weight excluding hydrogens is 318 g/mol. The Balaban J connectivity index is 2.28. The van der Waals surface area contributed by atoms with Gasteiger partial charge >= 0.3 is 5.97 Å². The standard InChI is InChI=1S/C11H17N3O3S3/c1-3-4-19-11-13-10(20-14-11)12-8(15)6-18-5-7(2)9(16)17/h7H,3-6H2,1-2H3,(H,16,17)(H,12,13,14,15). The lowest BCUT2D eigenvalue weighted by molar-refractivity contribution is -0.140. The lowest BCUT2D eigenvalue weighted by Gasteiger charge is -2.05. The Morgan fingerprint density at radius 1 is 1.50 bits per heavy atom. The first-order valence-electron chi connectivity index (χ1n) is 6.09. The number of carbonyl (C=O) groups is 2. The van der Waals surface area contributed by atoms with Crippen molar-refractivity contribution in [1.82, 2.24) is 9.36 Å². The zero-order valence-electron chi connectivity index (χ0n) is 11.3. The van der Waals surface area contributed by atoms with Gasteiger partial charge in [-0.25, -0.2) is 0 Å². The van der Waals surface area contributed by atoms with Crippen LogP contribution in [-0.4, -0.2) is 43.6 Å². The highest BCUT2D eigenvalue weighted by atomic mass is 32.2. The van der Waals surface area contributed by atoms with Crippen LogP contribution in [0.15, 0.2) is 5.16 Å². The van der Waals surface area contributed by atoms with Crippen molar-refractivity contribution in [2.24, 2.45) is 5.92 Å². The van der Waals surface area contributed by atoms with Crippen molar-refractivity contribution in [2.45, 2.75) is 25.4 Å². The Morgan fingerprint density at radius 3 is 2.90 bits per heavy atom. The Hall–Kier alpha value is -0.800. The topological polar surface area (TPSA) is 92.2 Å². The van der Waals surface area contributed by atoms with E-state index < -0.39 is 11.9 Å². The predicted molar refractivity (Wildman–Crippen MR) is 83.7 cm³/mol. The van der Waals surface area contributed by atoms with Crippen molar-refractivity contribution >= 4 is 52.1 Å². The molecule has 1 amide bonds. The summed E-state index contributed by atoms with van der Waals surface area (Å²) in [6.45, 7) is 3.70. The molecule has 0 aliphatic carbocycles. The van der Waals surface area contributed by atoms with E-state index in [-0.39, 0.29) is 11.7 Å². The van der Waals surface area contributed by atoms with Gasteiger partial charge in [0.25, 0.3) is 0 Å². The van der Waals surface area contributed by atoms with Gasteiger partial charge in [0.05, 0.1) is 11.7 Å². The molecule has 0 aromatic carbocycles. The summed E-state index contributed by atoms with van der Waals surface area (Å²) in [6.07, 6.45) is 1.05. The molecule has 0 aliphatic rings. The number of hydrogen-bond donors (Lipinski definition) is 2. The Kier molecular flexibility index (Phi) is 7.93. The molecule has 1 atom stereocenters. The van der Waals surface area contributed by atoms with Crippen LogP contribution in [0.3, 0.4) is 0 Å². The second-order valence-electron chi connectivity index (χ2n) is 4.03. The summed E-state index contributed by atoms with van der Waals surface area (Å²) in [7, 11) is 0. The average Bonchev–Trinajstić information content (AvgIpc) is 2.83. The quantitative estimate of drug-likeness (QED) is 0.670. The second-order valence-corrected chi connectivity index (χ2v) is 6.88. The van der Waals surface area contributed by atoms with Crippen LogP contribution in [0, 0.1) is 5.92 Å². The average molecular weight is 335 g/mol. The summed E-state index contributed by atoms with van der Waals surface area (Å²) in [5, 5.41) is 12.6. The summed E-state index contributed by atoms with van der Waals surface area (Å²) >= 11 is 4.01. The van der Waals surface area contributed by atoms with E-state index in [0.29, 0.717) is 16.0 Å². The monoisotopic (exact) mass is 335 g/mol. The van der Waals surface area contributed by atoms with Crippen molar-refractivity contribution in [2.75, 3.05) is 22.6 Å². The Labute approximate surface area is 130 Å². The zero-order valence-corrected chi connectivity index (χ0v) is 13.7.